The first-order chi connectivity index (χ1) is 13.4. The molecule has 3 saturated carbocycles. The predicted octanol–water partition coefficient (Wildman–Crippen LogP) is 8.47. The Bertz CT molecular complexity index is 610. The molecule has 0 amide bonds. The van der Waals surface area contributed by atoms with Gasteiger partial charge in [0.05, 0.1) is 0 Å². The summed E-state index contributed by atoms with van der Waals surface area (Å²) in [6.07, 6.45) is 28.5. The number of hydrogen-bond donors (Lipinski definition) is 0. The van der Waals surface area contributed by atoms with Crippen molar-refractivity contribution in [2.45, 2.75) is 119 Å². The molecule has 0 nitrogen and oxygen atoms in total. The van der Waals surface area contributed by atoms with Crippen LogP contribution in [0, 0.1) is 11.7 Å². The van der Waals surface area contributed by atoms with Crippen LogP contribution in [0.4, 0.5) is 0 Å². The fraction of sp³-hybridized carbons (Fsp3) is 0.692. The van der Waals surface area contributed by atoms with Gasteiger partial charge in [-0.2, -0.15) is 0 Å². The molecule has 1 aromatic rings. The van der Waals surface area contributed by atoms with Crippen LogP contribution >= 0.6 is 11.8 Å². The highest BCUT2D eigenvalue weighted by atomic mass is 32.2. The summed E-state index contributed by atoms with van der Waals surface area (Å²) in [6, 6.07) is 5.19. The maximum Gasteiger partial charge on any atom is 0.0241 e. The van der Waals surface area contributed by atoms with Crippen LogP contribution in [0.3, 0.4) is 0 Å². The summed E-state index contributed by atoms with van der Waals surface area (Å²) in [5.41, 5.74) is 4.84. The SMILES string of the molecule is [C-]#CSc1c(C2CCCCC2)cc(C2CCCCC2)cc1C1CCCCC1. The summed E-state index contributed by atoms with van der Waals surface area (Å²) in [6.45, 7) is 0. The van der Waals surface area contributed by atoms with E-state index in [-0.39, 0.29) is 0 Å². The molecule has 0 aliphatic heterocycles. The molecule has 0 radical (unpaired) electrons. The largest absolute Gasteiger partial charge is 0.681 e. The van der Waals surface area contributed by atoms with E-state index in [1.165, 1.54) is 101 Å². The lowest BCUT2D eigenvalue weighted by Gasteiger charge is -2.32. The topological polar surface area (TPSA) is 0 Å². The van der Waals surface area contributed by atoms with Crippen molar-refractivity contribution in [1.82, 2.24) is 0 Å². The molecule has 1 heteroatoms. The van der Waals surface area contributed by atoms with E-state index in [0.29, 0.717) is 0 Å². The molecule has 0 atom stereocenters. The van der Waals surface area contributed by atoms with Crippen molar-refractivity contribution in [3.05, 3.63) is 35.2 Å². The minimum Gasteiger partial charge on any atom is -0.681 e. The standard InChI is InChI=1S/C26H35S/c1-2-27-26-24(21-14-8-4-9-15-21)18-23(20-12-6-3-7-13-20)19-25(26)22-16-10-5-11-17-22/h18-22H,3-17H2/q-1. The number of hydrogen-bond acceptors (Lipinski definition) is 1. The molecule has 0 spiro atoms. The Hall–Kier alpha value is -0.870. The van der Waals surface area contributed by atoms with Crippen LogP contribution in [0.2, 0.25) is 0 Å². The summed E-state index contributed by atoms with van der Waals surface area (Å²) in [5, 5.41) is 2.71. The minimum absolute atomic E-state index is 0.723. The van der Waals surface area contributed by atoms with E-state index in [4.69, 9.17) is 6.42 Å². The Balaban J connectivity index is 1.76. The van der Waals surface area contributed by atoms with Gasteiger partial charge in [-0.15, -0.1) is 0 Å². The van der Waals surface area contributed by atoms with Gasteiger partial charge in [-0.25, -0.2) is 0 Å². The average molecular weight is 380 g/mol. The lowest BCUT2D eigenvalue weighted by molar-refractivity contribution is 0.421. The van der Waals surface area contributed by atoms with Crippen LogP contribution in [-0.4, -0.2) is 0 Å². The van der Waals surface area contributed by atoms with Gasteiger partial charge in [0.2, 0.25) is 0 Å². The molecule has 4 rings (SSSR count). The van der Waals surface area contributed by atoms with Crippen LogP contribution < -0.4 is 0 Å². The maximum atomic E-state index is 7.72. The van der Waals surface area contributed by atoms with E-state index < -0.39 is 0 Å². The molecule has 0 N–H and O–H groups in total. The molecule has 0 aromatic heterocycles. The van der Waals surface area contributed by atoms with Crippen molar-refractivity contribution < 1.29 is 0 Å². The number of thioether (sulfide) groups is 1. The minimum atomic E-state index is 0.723. The molecule has 0 heterocycles. The molecule has 27 heavy (non-hydrogen) atoms. The van der Waals surface area contributed by atoms with Gasteiger partial charge in [-0.05, 0) is 73.0 Å². The molecule has 0 bridgehead atoms. The molecular formula is C26H35S-. The predicted molar refractivity (Wildman–Crippen MR) is 117 cm³/mol. The summed E-state index contributed by atoms with van der Waals surface area (Å²) < 4.78 is 0. The highest BCUT2D eigenvalue weighted by Gasteiger charge is 2.27. The van der Waals surface area contributed by atoms with Crippen LogP contribution in [0.5, 0.6) is 0 Å². The highest BCUT2D eigenvalue weighted by molar-refractivity contribution is 8.04. The average Bonchev–Trinajstić information content (AvgIpc) is 2.76. The van der Waals surface area contributed by atoms with Crippen LogP contribution in [0.1, 0.15) is 131 Å². The quantitative estimate of drug-likeness (QED) is 0.287. The van der Waals surface area contributed by atoms with Crippen molar-refractivity contribution in [2.24, 2.45) is 0 Å². The summed E-state index contributed by atoms with van der Waals surface area (Å²) in [7, 11) is 0. The molecular weight excluding hydrogens is 344 g/mol. The molecule has 0 saturated heterocycles. The number of rotatable bonds is 4. The zero-order valence-electron chi connectivity index (χ0n) is 16.9. The third kappa shape index (κ3) is 4.59. The summed E-state index contributed by atoms with van der Waals surface area (Å²) >= 11 is 1.59. The van der Waals surface area contributed by atoms with Gasteiger partial charge in [0.25, 0.3) is 0 Å². The Kier molecular flexibility index (Phi) is 6.88. The molecule has 146 valence electrons. The monoisotopic (exact) mass is 379 g/mol. The second kappa shape index (κ2) is 9.56. The van der Waals surface area contributed by atoms with Gasteiger partial charge in [-0.1, -0.05) is 81.7 Å². The van der Waals surface area contributed by atoms with Crippen LogP contribution in [-0.2, 0) is 0 Å². The summed E-state index contributed by atoms with van der Waals surface area (Å²) in [5.74, 6) is 2.23. The van der Waals surface area contributed by atoms with Gasteiger partial charge in [-0.3, -0.25) is 5.25 Å². The second-order valence-corrected chi connectivity index (χ2v) is 10.1. The van der Waals surface area contributed by atoms with Crippen molar-refractivity contribution in [2.75, 3.05) is 0 Å². The Morgan fingerprint density at radius 1 is 0.630 bits per heavy atom. The van der Waals surface area contributed by atoms with E-state index in [1.807, 2.05) is 0 Å². The number of benzene rings is 1. The lowest BCUT2D eigenvalue weighted by Crippen LogP contribution is -2.13. The van der Waals surface area contributed by atoms with E-state index in [1.54, 1.807) is 28.5 Å². The first-order valence-corrected chi connectivity index (χ1v) is 12.4. The highest BCUT2D eigenvalue weighted by Crippen LogP contribution is 2.46. The zero-order valence-corrected chi connectivity index (χ0v) is 17.7. The summed E-state index contributed by atoms with van der Waals surface area (Å²) in [4.78, 5) is 1.43. The lowest BCUT2D eigenvalue weighted by atomic mass is 9.76. The van der Waals surface area contributed by atoms with Crippen molar-refractivity contribution in [1.29, 1.82) is 0 Å². The van der Waals surface area contributed by atoms with Gasteiger partial charge in [0.1, 0.15) is 0 Å². The van der Waals surface area contributed by atoms with Crippen molar-refractivity contribution in [3.8, 4) is 5.25 Å². The molecule has 3 aliphatic carbocycles. The molecule has 3 aliphatic rings. The smallest absolute Gasteiger partial charge is 0.0241 e. The Morgan fingerprint density at radius 2 is 1.04 bits per heavy atom. The van der Waals surface area contributed by atoms with Crippen LogP contribution in [0.25, 0.3) is 0 Å². The van der Waals surface area contributed by atoms with Gasteiger partial charge in [0.15, 0.2) is 0 Å². The van der Waals surface area contributed by atoms with E-state index in [0.717, 1.165) is 17.8 Å². The fourth-order valence-corrected chi connectivity index (χ4v) is 6.76. The van der Waals surface area contributed by atoms with Crippen molar-refractivity contribution in [3.63, 3.8) is 0 Å². The second-order valence-electron chi connectivity index (χ2n) is 9.24. The fourth-order valence-electron chi connectivity index (χ4n) is 5.97. The zero-order chi connectivity index (χ0) is 18.5. The van der Waals surface area contributed by atoms with E-state index in [2.05, 4.69) is 17.4 Å². The Labute approximate surface area is 171 Å². The Morgan fingerprint density at radius 3 is 1.44 bits per heavy atom. The van der Waals surface area contributed by atoms with Gasteiger partial charge in [0, 0.05) is 4.90 Å². The molecule has 0 unspecified atom stereocenters. The van der Waals surface area contributed by atoms with E-state index in [9.17, 15) is 0 Å². The van der Waals surface area contributed by atoms with Gasteiger partial charge < -0.3 is 6.42 Å². The molecule has 1 aromatic carbocycles. The first-order valence-electron chi connectivity index (χ1n) is 11.6. The normalized spacial score (nSPS) is 23.2. The van der Waals surface area contributed by atoms with Crippen LogP contribution in [0.15, 0.2) is 17.0 Å². The molecule has 3 fully saturated rings. The third-order valence-corrected chi connectivity index (χ3v) is 8.27. The van der Waals surface area contributed by atoms with Crippen molar-refractivity contribution >= 4 is 11.8 Å². The maximum absolute atomic E-state index is 7.72. The van der Waals surface area contributed by atoms with E-state index >= 15 is 0 Å². The van der Waals surface area contributed by atoms with Gasteiger partial charge >= 0.3 is 0 Å². The third-order valence-electron chi connectivity index (χ3n) is 7.49. The first kappa shape index (κ1) is 19.4.